The third-order valence-corrected chi connectivity index (χ3v) is 15.6. The summed E-state index contributed by atoms with van der Waals surface area (Å²) in [6, 6.07) is -1.10. The number of nitrogens with one attached hydrogen (secondary N) is 1. The van der Waals surface area contributed by atoms with Crippen molar-refractivity contribution in [2.45, 2.75) is 193 Å². The molecule has 19 nitrogen and oxygen atoms in total. The molecule has 16 atom stereocenters. The molecule has 0 aromatic rings. The Morgan fingerprint density at radius 2 is 1.63 bits per heavy atom. The van der Waals surface area contributed by atoms with Crippen LogP contribution in [0.15, 0.2) is 47.6 Å². The molecular formula is C57H85N3O16. The second kappa shape index (κ2) is 30.2. The first-order valence-corrected chi connectivity index (χ1v) is 27.1. The van der Waals surface area contributed by atoms with Gasteiger partial charge in [-0.05, 0) is 114 Å². The molecule has 424 valence electrons. The van der Waals surface area contributed by atoms with Crippen molar-refractivity contribution in [1.29, 1.82) is 5.26 Å². The van der Waals surface area contributed by atoms with Crippen molar-refractivity contribution in [3.8, 4) is 6.07 Å². The van der Waals surface area contributed by atoms with Crippen molar-refractivity contribution in [3.63, 3.8) is 0 Å². The zero-order valence-electron chi connectivity index (χ0n) is 46.5. The van der Waals surface area contributed by atoms with Crippen molar-refractivity contribution in [2.24, 2.45) is 35.5 Å². The van der Waals surface area contributed by atoms with Gasteiger partial charge >= 0.3 is 18.0 Å². The number of Topliss-reactive ketones (excluding diaryl/α,β-unsaturated/α-hetero) is 3. The van der Waals surface area contributed by atoms with Crippen LogP contribution in [0.25, 0.3) is 0 Å². The number of esters is 2. The van der Waals surface area contributed by atoms with Gasteiger partial charge in [0.2, 0.25) is 11.8 Å². The molecule has 1 saturated carbocycles. The number of aliphatic hydroxyl groups excluding tert-OH is 1. The maximum Gasteiger partial charge on any atom is 0.409 e. The molecular weight excluding hydrogens is 983 g/mol. The number of carbonyl (C=O) groups excluding carboxylic acids is 7. The molecule has 1 aliphatic carbocycles. The van der Waals surface area contributed by atoms with Gasteiger partial charge in [0, 0.05) is 58.5 Å². The number of rotatable bonds is 10. The van der Waals surface area contributed by atoms with E-state index in [-0.39, 0.29) is 55.8 Å². The minimum absolute atomic E-state index is 0.0140. The van der Waals surface area contributed by atoms with Crippen molar-refractivity contribution >= 4 is 41.3 Å². The highest BCUT2D eigenvalue weighted by molar-refractivity contribution is 6.39. The van der Waals surface area contributed by atoms with Crippen LogP contribution in [0.4, 0.5) is 4.79 Å². The molecule has 76 heavy (non-hydrogen) atoms. The topological polar surface area (TPSA) is 264 Å². The Labute approximate surface area is 449 Å². The van der Waals surface area contributed by atoms with E-state index in [1.807, 2.05) is 51.2 Å². The van der Waals surface area contributed by atoms with Gasteiger partial charge in [-0.1, -0.05) is 71.1 Å². The molecule has 3 aliphatic heterocycles. The fraction of sp³-hybridized carbons (Fsp3) is 0.719. The molecule has 0 radical (unpaired) electrons. The highest BCUT2D eigenvalue weighted by Crippen LogP contribution is 2.38. The monoisotopic (exact) mass is 1070 g/mol. The number of alkyl carbamates (subject to hydrolysis) is 1. The smallest absolute Gasteiger partial charge is 0.409 e. The van der Waals surface area contributed by atoms with Crippen LogP contribution in [0.3, 0.4) is 0 Å². The number of ether oxygens (including phenoxy) is 7. The Hall–Kier alpha value is -5.10. The van der Waals surface area contributed by atoms with Gasteiger partial charge in [0.25, 0.3) is 11.7 Å². The van der Waals surface area contributed by atoms with Gasteiger partial charge in [-0.2, -0.15) is 5.26 Å². The fourth-order valence-corrected chi connectivity index (χ4v) is 10.9. The number of nitriles is 1. The molecule has 19 heteroatoms. The van der Waals surface area contributed by atoms with E-state index >= 15 is 0 Å². The normalized spacial score (nSPS) is 36.3. The first-order valence-electron chi connectivity index (χ1n) is 27.1. The molecule has 2 amide bonds. The van der Waals surface area contributed by atoms with Crippen LogP contribution in [0.5, 0.6) is 0 Å². The van der Waals surface area contributed by atoms with Crippen molar-refractivity contribution in [1.82, 2.24) is 10.2 Å². The Morgan fingerprint density at radius 1 is 0.908 bits per heavy atom. The lowest BCUT2D eigenvalue weighted by Crippen LogP contribution is -2.61. The number of carbonyl (C=O) groups is 7. The van der Waals surface area contributed by atoms with Crippen LogP contribution in [0.1, 0.15) is 132 Å². The number of nitrogens with zero attached hydrogens (tertiary/aromatic N) is 2. The third-order valence-electron chi connectivity index (χ3n) is 15.6. The number of piperidine rings is 1. The molecule has 4 rings (SSSR count). The summed E-state index contributed by atoms with van der Waals surface area (Å²) in [5.41, 5.74) is 1.19. The first kappa shape index (κ1) is 63.4. The molecule has 2 saturated heterocycles. The van der Waals surface area contributed by atoms with Gasteiger partial charge in [0.05, 0.1) is 31.0 Å². The Balaban J connectivity index is 1.67. The van der Waals surface area contributed by atoms with Crippen LogP contribution >= 0.6 is 0 Å². The van der Waals surface area contributed by atoms with Crippen LogP contribution < -0.4 is 5.32 Å². The first-order chi connectivity index (χ1) is 36.0. The van der Waals surface area contributed by atoms with Crippen LogP contribution in [0, 0.1) is 46.8 Å². The Morgan fingerprint density at radius 3 is 2.29 bits per heavy atom. The van der Waals surface area contributed by atoms with Crippen LogP contribution in [-0.2, 0) is 61.9 Å². The lowest BCUT2D eigenvalue weighted by Gasteiger charge is -2.42. The van der Waals surface area contributed by atoms with Gasteiger partial charge in [-0.3, -0.25) is 24.5 Å². The lowest BCUT2D eigenvalue weighted by molar-refractivity contribution is -0.265. The number of cyclic esters (lactones) is 1. The predicted molar refractivity (Wildman–Crippen MR) is 279 cm³/mol. The van der Waals surface area contributed by atoms with Crippen molar-refractivity contribution in [2.75, 3.05) is 34.5 Å². The number of hydrogen-bond acceptors (Lipinski definition) is 17. The zero-order valence-corrected chi connectivity index (χ0v) is 46.5. The van der Waals surface area contributed by atoms with E-state index in [1.54, 1.807) is 53.9 Å². The molecule has 3 fully saturated rings. The maximum atomic E-state index is 14.6. The summed E-state index contributed by atoms with van der Waals surface area (Å²) in [6.07, 6.45) is 8.21. The van der Waals surface area contributed by atoms with E-state index < -0.39 is 114 Å². The quantitative estimate of drug-likeness (QED) is 0.0929. The maximum absolute atomic E-state index is 14.6. The second-order valence-corrected chi connectivity index (χ2v) is 21.4. The van der Waals surface area contributed by atoms with E-state index in [4.69, 9.17) is 33.2 Å². The highest BCUT2D eigenvalue weighted by atomic mass is 16.6. The summed E-state index contributed by atoms with van der Waals surface area (Å²) in [4.78, 5) is 97.5. The number of allylic oxidation sites excluding steroid dienone is 6. The Kier molecular flexibility index (Phi) is 25.2. The molecule has 0 aromatic carbocycles. The average molecular weight is 1070 g/mol. The number of amides is 2. The summed E-state index contributed by atoms with van der Waals surface area (Å²) in [5.74, 6) is -9.75. The predicted octanol–water partition coefficient (Wildman–Crippen LogP) is 6.37. The molecule has 0 aromatic heterocycles. The summed E-state index contributed by atoms with van der Waals surface area (Å²) >= 11 is 0. The Bertz CT molecular complexity index is 2180. The van der Waals surface area contributed by atoms with Crippen molar-refractivity contribution < 1.29 is 76.9 Å². The van der Waals surface area contributed by atoms with Gasteiger partial charge < -0.3 is 48.3 Å². The third kappa shape index (κ3) is 17.2. The summed E-state index contributed by atoms with van der Waals surface area (Å²) in [5, 5.41) is 35.2. The SMILES string of the molecule is CCOC(=O)C(C#N)NC(=O)O[C@@H]1CCC(CC(C)C2CC(=O)C(C)/C=C(\C)[C@@H](O)C(OC)C(=O)[C@H](C)CC(C)\C=C/C=C/C=C(\C)C(OC)CC3CC[C@@H](C)[C@@](O)(O3)C(=O)C(=O)N3CCCC[C@H]3C(=O)O2)CC1OC. The standard InChI is InChI=1S/C57H85N3O16/c1-12-73-54(66)42(32-58)59-56(68)75-45-24-22-40(29-48(45)71-10)28-36(5)47-31-44(61)35(4)27-38(7)50(63)51(72-11)49(62)37(6)26-33(2)18-14-13-15-19-34(3)46(70-9)30-41-23-21-39(8)57(69,76-41)52(64)53(65)60-25-17-16-20-43(60)55(67)74-47/h13-15,18-19,27,33,35-37,39-43,45-48,50-51,63,69H,12,16-17,20-26,28-31H2,1-11H3,(H,59,68)/b15-13+,18-14-,34-19+,38-27+/t33?,35?,36?,37-,39-,40?,41?,42?,43+,45-,46?,47?,48?,50-,51?,57-/m1/s1. The minimum Gasteiger partial charge on any atom is -0.464 e. The average Bonchev–Trinajstić information content (AvgIpc) is 3.39. The number of fused-ring (bicyclic) bond motifs is 3. The number of ketones is 3. The second-order valence-electron chi connectivity index (χ2n) is 21.4. The van der Waals surface area contributed by atoms with Crippen molar-refractivity contribution in [3.05, 3.63) is 47.6 Å². The fourth-order valence-electron chi connectivity index (χ4n) is 10.9. The molecule has 3 heterocycles. The van der Waals surface area contributed by atoms with Crippen LogP contribution in [-0.4, -0.2) is 151 Å². The zero-order chi connectivity index (χ0) is 56.4. The summed E-state index contributed by atoms with van der Waals surface area (Å²) in [7, 11) is 4.38. The van der Waals surface area contributed by atoms with E-state index in [1.165, 1.54) is 14.2 Å². The highest BCUT2D eigenvalue weighted by Gasteiger charge is 2.53. The van der Waals surface area contributed by atoms with Gasteiger partial charge in [0.15, 0.2) is 5.78 Å². The van der Waals surface area contributed by atoms with Crippen LogP contribution in [0.2, 0.25) is 0 Å². The summed E-state index contributed by atoms with van der Waals surface area (Å²) in [6.45, 7) is 14.0. The summed E-state index contributed by atoms with van der Waals surface area (Å²) < 4.78 is 40.1. The van der Waals surface area contributed by atoms with E-state index in [2.05, 4.69) is 5.32 Å². The number of aliphatic hydroxyl groups is 2. The van der Waals surface area contributed by atoms with Gasteiger partial charge in [-0.25, -0.2) is 14.4 Å². The minimum atomic E-state index is -2.48. The number of methoxy groups -OCH3 is 3. The number of hydrogen-bond donors (Lipinski definition) is 3. The van der Waals surface area contributed by atoms with Gasteiger partial charge in [0.1, 0.15) is 36.2 Å². The molecule has 3 N–H and O–H groups in total. The van der Waals surface area contributed by atoms with E-state index in [0.717, 1.165) is 10.5 Å². The lowest BCUT2D eigenvalue weighted by atomic mass is 9.78. The molecule has 10 unspecified atom stereocenters. The van der Waals surface area contributed by atoms with E-state index in [9.17, 15) is 49.0 Å². The van der Waals surface area contributed by atoms with Gasteiger partial charge in [-0.15, -0.1) is 0 Å². The largest absolute Gasteiger partial charge is 0.464 e. The molecule has 0 spiro atoms. The van der Waals surface area contributed by atoms with E-state index in [0.29, 0.717) is 63.4 Å². The molecule has 4 aliphatic rings. The molecule has 2 bridgehead atoms.